The van der Waals surface area contributed by atoms with E-state index in [1.54, 1.807) is 60.7 Å². The molecule has 0 heterocycles. The monoisotopic (exact) mass is 412 g/mol. The van der Waals surface area contributed by atoms with Crippen molar-refractivity contribution in [3.05, 3.63) is 95.3 Å². The maximum atomic E-state index is 12.9. The van der Waals surface area contributed by atoms with Crippen molar-refractivity contribution < 1.29 is 17.6 Å². The lowest BCUT2D eigenvalue weighted by molar-refractivity contribution is 0.0954. The third-order valence-corrected chi connectivity index (χ3v) is 5.74. The molecule has 0 fully saturated rings. The minimum Gasteiger partial charge on any atom is -0.352 e. The first-order valence-electron chi connectivity index (χ1n) is 9.06. The van der Waals surface area contributed by atoms with Crippen LogP contribution in [0, 0.1) is 12.7 Å². The van der Waals surface area contributed by atoms with E-state index in [4.69, 9.17) is 0 Å². The van der Waals surface area contributed by atoms with E-state index >= 15 is 0 Å². The number of aryl methyl sites for hydroxylation is 1. The van der Waals surface area contributed by atoms with Gasteiger partial charge >= 0.3 is 0 Å². The van der Waals surface area contributed by atoms with Crippen molar-refractivity contribution in [1.82, 2.24) is 5.32 Å². The highest BCUT2D eigenvalue weighted by Crippen LogP contribution is 2.17. The van der Waals surface area contributed by atoms with Gasteiger partial charge in [-0.2, -0.15) is 0 Å². The van der Waals surface area contributed by atoms with Crippen LogP contribution in [0.2, 0.25) is 0 Å². The van der Waals surface area contributed by atoms with Crippen LogP contribution in [0.4, 0.5) is 10.1 Å². The molecule has 0 unspecified atom stereocenters. The van der Waals surface area contributed by atoms with Gasteiger partial charge in [0.1, 0.15) is 5.82 Å². The molecule has 5 nitrogen and oxygen atoms in total. The van der Waals surface area contributed by atoms with Crippen LogP contribution >= 0.6 is 0 Å². The molecule has 3 aromatic carbocycles. The zero-order chi connectivity index (χ0) is 20.9. The lowest BCUT2D eigenvalue weighted by Gasteiger charge is -2.10. The van der Waals surface area contributed by atoms with Gasteiger partial charge in [0.25, 0.3) is 15.9 Å². The van der Waals surface area contributed by atoms with Crippen LogP contribution in [-0.2, 0) is 16.4 Å². The van der Waals surface area contributed by atoms with Crippen molar-refractivity contribution in [3.8, 4) is 0 Å². The first kappa shape index (κ1) is 20.5. The number of hydrogen-bond donors (Lipinski definition) is 2. The largest absolute Gasteiger partial charge is 0.352 e. The number of benzene rings is 3. The molecule has 3 aromatic rings. The number of hydrogen-bond acceptors (Lipinski definition) is 3. The Kier molecular flexibility index (Phi) is 6.29. The molecule has 0 bridgehead atoms. The molecule has 29 heavy (non-hydrogen) atoms. The van der Waals surface area contributed by atoms with Gasteiger partial charge in [0.2, 0.25) is 0 Å². The average molecular weight is 412 g/mol. The fraction of sp³-hybridized carbons (Fsp3) is 0.136. The molecule has 0 saturated carbocycles. The van der Waals surface area contributed by atoms with E-state index in [-0.39, 0.29) is 16.6 Å². The molecule has 0 aromatic heterocycles. The second-order valence-electron chi connectivity index (χ2n) is 6.63. The van der Waals surface area contributed by atoms with Gasteiger partial charge in [0, 0.05) is 17.8 Å². The van der Waals surface area contributed by atoms with E-state index in [1.165, 1.54) is 12.1 Å². The quantitative estimate of drug-likeness (QED) is 0.618. The molecule has 0 aliphatic rings. The first-order chi connectivity index (χ1) is 13.8. The minimum absolute atomic E-state index is 0.172. The van der Waals surface area contributed by atoms with Gasteiger partial charge in [0.15, 0.2) is 0 Å². The van der Waals surface area contributed by atoms with Gasteiger partial charge in [-0.05, 0) is 67.4 Å². The summed E-state index contributed by atoms with van der Waals surface area (Å²) in [6.07, 6.45) is 0.584. The van der Waals surface area contributed by atoms with Gasteiger partial charge in [-0.15, -0.1) is 0 Å². The Balaban J connectivity index is 1.56. The number of carbonyl (C=O) groups excluding carboxylic acids is 1. The smallest absolute Gasteiger partial charge is 0.261 e. The Morgan fingerprint density at radius 3 is 2.14 bits per heavy atom. The van der Waals surface area contributed by atoms with E-state index < -0.39 is 10.0 Å². The van der Waals surface area contributed by atoms with E-state index in [9.17, 15) is 17.6 Å². The Morgan fingerprint density at radius 1 is 0.897 bits per heavy atom. The Hall–Kier alpha value is -3.19. The lowest BCUT2D eigenvalue weighted by Crippen LogP contribution is -2.25. The van der Waals surface area contributed by atoms with Gasteiger partial charge in [0.05, 0.1) is 4.90 Å². The summed E-state index contributed by atoms with van der Waals surface area (Å²) in [7, 11) is -3.69. The predicted molar refractivity (Wildman–Crippen MR) is 111 cm³/mol. The summed E-state index contributed by atoms with van der Waals surface area (Å²) in [4.78, 5) is 12.4. The zero-order valence-corrected chi connectivity index (χ0v) is 16.7. The summed E-state index contributed by atoms with van der Waals surface area (Å²) >= 11 is 0. The predicted octanol–water partition coefficient (Wildman–Crippen LogP) is 3.91. The van der Waals surface area contributed by atoms with Gasteiger partial charge in [-0.3, -0.25) is 9.52 Å². The second kappa shape index (κ2) is 8.87. The molecule has 0 radical (unpaired) electrons. The second-order valence-corrected chi connectivity index (χ2v) is 8.31. The summed E-state index contributed by atoms with van der Waals surface area (Å²) in [6, 6.07) is 18.9. The van der Waals surface area contributed by atoms with E-state index in [1.807, 2.05) is 6.92 Å². The molecule has 2 N–H and O–H groups in total. The zero-order valence-electron chi connectivity index (χ0n) is 15.9. The van der Waals surface area contributed by atoms with Crippen molar-refractivity contribution in [2.75, 3.05) is 11.3 Å². The molecule has 7 heteroatoms. The van der Waals surface area contributed by atoms with Crippen LogP contribution in [0.3, 0.4) is 0 Å². The molecular formula is C22H21FN2O3S. The summed E-state index contributed by atoms with van der Waals surface area (Å²) in [5.41, 5.74) is 2.68. The van der Waals surface area contributed by atoms with Crippen molar-refractivity contribution in [1.29, 1.82) is 0 Å². The van der Waals surface area contributed by atoms with Crippen LogP contribution < -0.4 is 10.0 Å². The number of halogens is 1. The number of anilines is 1. The average Bonchev–Trinajstić information content (AvgIpc) is 2.70. The number of sulfonamides is 1. The van der Waals surface area contributed by atoms with Crippen LogP contribution in [0.25, 0.3) is 0 Å². The maximum absolute atomic E-state index is 12.9. The first-order valence-corrected chi connectivity index (χ1v) is 10.5. The van der Waals surface area contributed by atoms with E-state index in [0.717, 1.165) is 11.1 Å². The fourth-order valence-electron chi connectivity index (χ4n) is 2.69. The molecule has 3 rings (SSSR count). The minimum atomic E-state index is -3.69. The Labute approximate surface area is 169 Å². The SMILES string of the molecule is Cc1ccc(S(=O)(=O)Nc2ccc(C(=O)NCCc3ccc(F)cc3)cc2)cc1. The molecule has 0 aliphatic heterocycles. The Morgan fingerprint density at radius 2 is 1.52 bits per heavy atom. The molecule has 0 aliphatic carbocycles. The van der Waals surface area contributed by atoms with E-state index in [0.29, 0.717) is 24.2 Å². The number of carbonyl (C=O) groups is 1. The molecule has 0 atom stereocenters. The fourth-order valence-corrected chi connectivity index (χ4v) is 3.75. The van der Waals surface area contributed by atoms with Gasteiger partial charge in [-0.25, -0.2) is 12.8 Å². The van der Waals surface area contributed by atoms with Crippen molar-refractivity contribution in [2.24, 2.45) is 0 Å². The molecule has 1 amide bonds. The highest BCUT2D eigenvalue weighted by atomic mass is 32.2. The van der Waals surface area contributed by atoms with Crippen LogP contribution in [0.1, 0.15) is 21.5 Å². The van der Waals surface area contributed by atoms with Gasteiger partial charge < -0.3 is 5.32 Å². The number of nitrogens with one attached hydrogen (secondary N) is 2. The third kappa shape index (κ3) is 5.65. The van der Waals surface area contributed by atoms with Gasteiger partial charge in [-0.1, -0.05) is 29.8 Å². The summed E-state index contributed by atoms with van der Waals surface area (Å²) < 4.78 is 40.2. The molecule has 150 valence electrons. The molecule has 0 saturated heterocycles. The van der Waals surface area contributed by atoms with Crippen molar-refractivity contribution >= 4 is 21.6 Å². The summed E-state index contributed by atoms with van der Waals surface area (Å²) in [6.45, 7) is 2.29. The standard InChI is InChI=1S/C22H21FN2O3S/c1-16-2-12-21(13-3-16)29(27,28)25-20-10-6-18(7-11-20)22(26)24-15-14-17-4-8-19(23)9-5-17/h2-13,25H,14-15H2,1H3,(H,24,26). The van der Waals surface area contributed by atoms with E-state index in [2.05, 4.69) is 10.0 Å². The topological polar surface area (TPSA) is 75.3 Å². The molecule has 0 spiro atoms. The summed E-state index contributed by atoms with van der Waals surface area (Å²) in [5.74, 6) is -0.559. The van der Waals surface area contributed by atoms with Crippen LogP contribution in [0.5, 0.6) is 0 Å². The Bertz CT molecular complexity index is 1080. The van der Waals surface area contributed by atoms with Crippen molar-refractivity contribution in [3.63, 3.8) is 0 Å². The maximum Gasteiger partial charge on any atom is 0.261 e. The lowest BCUT2D eigenvalue weighted by atomic mass is 10.1. The van der Waals surface area contributed by atoms with Crippen LogP contribution in [-0.4, -0.2) is 20.9 Å². The number of amides is 1. The molecular weight excluding hydrogens is 391 g/mol. The van der Waals surface area contributed by atoms with Crippen LogP contribution in [0.15, 0.2) is 77.7 Å². The third-order valence-electron chi connectivity index (χ3n) is 4.34. The number of rotatable bonds is 7. The summed E-state index contributed by atoms with van der Waals surface area (Å²) in [5, 5.41) is 2.79. The highest BCUT2D eigenvalue weighted by molar-refractivity contribution is 7.92. The normalized spacial score (nSPS) is 11.1. The van der Waals surface area contributed by atoms with Crippen molar-refractivity contribution in [2.45, 2.75) is 18.2 Å². The highest BCUT2D eigenvalue weighted by Gasteiger charge is 2.14.